The van der Waals surface area contributed by atoms with E-state index in [4.69, 9.17) is 9.47 Å². The van der Waals surface area contributed by atoms with E-state index in [2.05, 4.69) is 259 Å². The molecule has 2 aliphatic carbocycles. The molecule has 74 heavy (non-hydrogen) atoms. The predicted octanol–water partition coefficient (Wildman–Crippen LogP) is 19.1. The third kappa shape index (κ3) is 5.72. The molecule has 0 radical (unpaired) electrons. The number of hydrogen-bond acceptors (Lipinski definition) is 4. The first-order valence-corrected chi connectivity index (χ1v) is 26.8. The Morgan fingerprint density at radius 1 is 0.365 bits per heavy atom. The lowest BCUT2D eigenvalue weighted by Crippen LogP contribution is -2.33. The number of rotatable bonds is 3. The van der Waals surface area contributed by atoms with Crippen molar-refractivity contribution in [1.29, 1.82) is 0 Å². The fourth-order valence-electron chi connectivity index (χ4n) is 13.4. The van der Waals surface area contributed by atoms with Gasteiger partial charge in [-0.05, 0) is 128 Å². The van der Waals surface area contributed by atoms with Gasteiger partial charge in [-0.3, -0.25) is 0 Å². The molecule has 15 rings (SSSR count). The van der Waals surface area contributed by atoms with Gasteiger partial charge in [-0.15, -0.1) is 11.3 Å². The topological polar surface area (TPSA) is 21.7 Å². The molecule has 11 aromatic rings. The van der Waals surface area contributed by atoms with Crippen LogP contribution < -0.4 is 14.4 Å². The number of ether oxygens (including phenoxy) is 2. The molecule has 2 aliphatic heterocycles. The van der Waals surface area contributed by atoms with Crippen molar-refractivity contribution in [3.63, 3.8) is 0 Å². The van der Waals surface area contributed by atoms with Gasteiger partial charge in [-0.2, -0.15) is 0 Å². The van der Waals surface area contributed by atoms with Gasteiger partial charge in [0.1, 0.15) is 23.0 Å². The molecule has 0 N–H and O–H groups in total. The Bertz CT molecular complexity index is 4090. The zero-order chi connectivity index (χ0) is 49.9. The largest absolute Gasteiger partial charge is 0.457 e. The molecule has 1 aromatic heterocycles. The van der Waals surface area contributed by atoms with Gasteiger partial charge in [0.25, 0.3) is 0 Å². The number of fused-ring (bicyclic) bond motifs is 21. The molecule has 0 fully saturated rings. The minimum Gasteiger partial charge on any atom is -0.457 e. The summed E-state index contributed by atoms with van der Waals surface area (Å²) in [6.07, 6.45) is 0. The second-order valence-electron chi connectivity index (χ2n) is 22.7. The van der Waals surface area contributed by atoms with Crippen LogP contribution >= 0.6 is 11.3 Å². The molecule has 3 heterocycles. The van der Waals surface area contributed by atoms with Crippen molar-refractivity contribution in [1.82, 2.24) is 0 Å². The molecular weight excluding hydrogens is 919 g/mol. The zero-order valence-electron chi connectivity index (χ0n) is 42.4. The quantitative estimate of drug-likeness (QED) is 0.176. The van der Waals surface area contributed by atoms with Gasteiger partial charge in [0.2, 0.25) is 0 Å². The Balaban J connectivity index is 1.07. The van der Waals surface area contributed by atoms with Gasteiger partial charge in [0, 0.05) is 49.0 Å². The summed E-state index contributed by atoms with van der Waals surface area (Å²) in [7, 11) is 0. The first-order valence-electron chi connectivity index (χ1n) is 26.0. The molecule has 0 amide bonds. The van der Waals surface area contributed by atoms with Crippen LogP contribution in [0.2, 0.25) is 0 Å². The SMILES string of the molecule is CC(C)(C)c1ccc2c(c1)C1(c3cc(C(C)(C)C)ccc3O2)c2ccccc2-c2c(N(c3ccc4c(c3)C3(c5ccccc5O4)c4ccccc4-c4ccccc43)c3cccc4c3sc3ccccc34)cccc21. The van der Waals surface area contributed by atoms with Crippen LogP contribution in [0.25, 0.3) is 42.4 Å². The lowest BCUT2D eigenvalue weighted by Gasteiger charge is -2.41. The van der Waals surface area contributed by atoms with Gasteiger partial charge < -0.3 is 14.4 Å². The molecule has 0 atom stereocenters. The number of anilines is 3. The van der Waals surface area contributed by atoms with Gasteiger partial charge in [-0.25, -0.2) is 0 Å². The minimum absolute atomic E-state index is 0.0966. The molecule has 4 heteroatoms. The number of hydrogen-bond donors (Lipinski definition) is 0. The van der Waals surface area contributed by atoms with Crippen LogP contribution in [0.4, 0.5) is 17.1 Å². The van der Waals surface area contributed by atoms with Crippen molar-refractivity contribution in [2.45, 2.75) is 63.2 Å². The molecule has 0 unspecified atom stereocenters. The molecule has 0 saturated carbocycles. The van der Waals surface area contributed by atoms with Crippen molar-refractivity contribution in [2.75, 3.05) is 4.90 Å². The summed E-state index contributed by atoms with van der Waals surface area (Å²) in [5.74, 6) is 3.54. The van der Waals surface area contributed by atoms with Crippen LogP contribution in [0.1, 0.15) is 97.2 Å². The van der Waals surface area contributed by atoms with E-state index in [1.165, 1.54) is 86.9 Å². The first-order chi connectivity index (χ1) is 36.0. The van der Waals surface area contributed by atoms with E-state index < -0.39 is 10.8 Å². The predicted molar refractivity (Wildman–Crippen MR) is 306 cm³/mol. The Morgan fingerprint density at radius 2 is 0.824 bits per heavy atom. The summed E-state index contributed by atoms with van der Waals surface area (Å²) in [5, 5.41) is 2.52. The zero-order valence-corrected chi connectivity index (χ0v) is 43.2. The van der Waals surface area contributed by atoms with Crippen LogP contribution in [0.15, 0.2) is 212 Å². The molecular formula is C70H53NO2S. The average Bonchev–Trinajstić information content (AvgIpc) is 4.09. The van der Waals surface area contributed by atoms with Crippen LogP contribution in [0.3, 0.4) is 0 Å². The summed E-state index contributed by atoms with van der Waals surface area (Å²) in [6, 6.07) is 79.5. The molecule has 2 spiro atoms. The smallest absolute Gasteiger partial charge is 0.132 e. The van der Waals surface area contributed by atoms with Crippen LogP contribution in [-0.4, -0.2) is 0 Å². The second-order valence-corrected chi connectivity index (χ2v) is 23.8. The fraction of sp³-hybridized carbons (Fsp3) is 0.143. The van der Waals surface area contributed by atoms with Crippen molar-refractivity contribution >= 4 is 48.6 Å². The van der Waals surface area contributed by atoms with Crippen molar-refractivity contribution in [3.05, 3.63) is 268 Å². The maximum Gasteiger partial charge on any atom is 0.132 e. The maximum absolute atomic E-state index is 7.08. The van der Waals surface area contributed by atoms with E-state index in [0.29, 0.717) is 0 Å². The Morgan fingerprint density at radius 3 is 1.47 bits per heavy atom. The lowest BCUT2D eigenvalue weighted by atomic mass is 9.64. The number of nitrogens with zero attached hydrogens (tertiary/aromatic N) is 1. The highest BCUT2D eigenvalue weighted by Gasteiger charge is 2.54. The summed E-state index contributed by atoms with van der Waals surface area (Å²) in [6.45, 7) is 13.9. The molecule has 0 saturated heterocycles. The van der Waals surface area contributed by atoms with Crippen molar-refractivity contribution in [3.8, 4) is 45.3 Å². The van der Waals surface area contributed by atoms with Crippen molar-refractivity contribution < 1.29 is 9.47 Å². The highest BCUT2D eigenvalue weighted by molar-refractivity contribution is 7.26. The van der Waals surface area contributed by atoms with E-state index in [1.54, 1.807) is 0 Å². The standard InChI is InChI=1S/C70H53NO2S/c1-67(2,3)42-33-36-61-55(39-42)70(56-40-43(68(4,5)6)34-37-62(56)73-61)52-26-13-9-22-49(52)65-54(70)28-18-29-58(65)71(59-30-17-23-48-47-21-10-16-32-64(47)74-66(48)59)44-35-38-63-57(41-44)69(53-27-14-15-31-60(53)72-63)50-24-11-7-19-45(50)46-20-8-12-25-51(46)69/h7-41H,1-6H3. The molecule has 356 valence electrons. The highest BCUT2D eigenvalue weighted by Crippen LogP contribution is 2.67. The number of benzene rings is 10. The Kier molecular flexibility index (Phi) is 8.91. The third-order valence-corrected chi connectivity index (χ3v) is 17.9. The van der Waals surface area contributed by atoms with Crippen LogP contribution in [-0.2, 0) is 21.7 Å². The summed E-state index contributed by atoms with van der Waals surface area (Å²) in [4.78, 5) is 2.58. The minimum atomic E-state index is -0.697. The molecule has 3 nitrogen and oxygen atoms in total. The van der Waals surface area contributed by atoms with Gasteiger partial charge in [0.15, 0.2) is 0 Å². The monoisotopic (exact) mass is 971 g/mol. The normalized spacial score (nSPS) is 14.8. The van der Waals surface area contributed by atoms with E-state index in [9.17, 15) is 0 Å². The van der Waals surface area contributed by atoms with Gasteiger partial charge >= 0.3 is 0 Å². The Hall–Kier alpha value is -8.18. The maximum atomic E-state index is 7.08. The van der Waals surface area contributed by atoms with E-state index in [-0.39, 0.29) is 10.8 Å². The lowest BCUT2D eigenvalue weighted by molar-refractivity contribution is 0.433. The van der Waals surface area contributed by atoms with E-state index in [0.717, 1.165) is 51.2 Å². The molecule has 4 aliphatic rings. The highest BCUT2D eigenvalue weighted by atomic mass is 32.1. The third-order valence-electron chi connectivity index (χ3n) is 16.7. The van der Waals surface area contributed by atoms with E-state index in [1.807, 2.05) is 11.3 Å². The molecule has 10 aromatic carbocycles. The fourth-order valence-corrected chi connectivity index (χ4v) is 14.6. The summed E-state index contributed by atoms with van der Waals surface area (Å²) >= 11 is 1.87. The van der Waals surface area contributed by atoms with Gasteiger partial charge in [0.05, 0.1) is 26.9 Å². The molecule has 0 bridgehead atoms. The first kappa shape index (κ1) is 43.4. The van der Waals surface area contributed by atoms with Crippen LogP contribution in [0.5, 0.6) is 23.0 Å². The number of thiophene rings is 1. The summed E-state index contributed by atoms with van der Waals surface area (Å²) in [5.41, 5.74) is 19.0. The average molecular weight is 972 g/mol. The Labute approximate surface area is 437 Å². The van der Waals surface area contributed by atoms with Crippen LogP contribution in [0, 0.1) is 0 Å². The van der Waals surface area contributed by atoms with Gasteiger partial charge in [-0.1, -0.05) is 187 Å². The summed E-state index contributed by atoms with van der Waals surface area (Å²) < 4.78 is 16.6. The second kappa shape index (κ2) is 15.2. The number of para-hydroxylation sites is 1. The van der Waals surface area contributed by atoms with Crippen molar-refractivity contribution in [2.24, 2.45) is 0 Å². The van der Waals surface area contributed by atoms with E-state index >= 15 is 0 Å².